The van der Waals surface area contributed by atoms with E-state index >= 15 is 0 Å². The normalized spacial score (nSPS) is 11.0. The van der Waals surface area contributed by atoms with Crippen LogP contribution in [0.5, 0.6) is 0 Å². The molecule has 0 fully saturated rings. The molecule has 0 aromatic heterocycles. The molecular weight excluding hydrogens is 268 g/mol. The fourth-order valence-electron chi connectivity index (χ4n) is 2.99. The van der Waals surface area contributed by atoms with E-state index in [0.717, 1.165) is 6.61 Å². The van der Waals surface area contributed by atoms with E-state index in [2.05, 4.69) is 30.3 Å². The molecule has 0 atom stereocenters. The molecule has 1 nitrogen and oxygen atoms in total. The maximum Gasteiger partial charge on any atom is 0.0462 e. The Balaban J connectivity index is 1.73. The maximum atomic E-state index is 5.07. The molecule has 0 bridgehead atoms. The van der Waals surface area contributed by atoms with Crippen molar-refractivity contribution in [3.63, 3.8) is 0 Å². The quantitative estimate of drug-likeness (QED) is 0.333. The van der Waals surface area contributed by atoms with E-state index in [1.165, 1.54) is 89.0 Å². The van der Waals surface area contributed by atoms with Gasteiger partial charge in [-0.1, -0.05) is 94.5 Å². The van der Waals surface area contributed by atoms with Gasteiger partial charge in [0.25, 0.3) is 0 Å². The van der Waals surface area contributed by atoms with Gasteiger partial charge in [0.05, 0.1) is 0 Å². The van der Waals surface area contributed by atoms with Crippen LogP contribution in [0.1, 0.15) is 82.6 Å². The van der Waals surface area contributed by atoms with Crippen LogP contribution >= 0.6 is 0 Å². The summed E-state index contributed by atoms with van der Waals surface area (Å²) < 4.78 is 5.07. The fraction of sp³-hybridized carbons (Fsp3) is 0.714. The number of ether oxygens (including phenoxy) is 1. The summed E-state index contributed by atoms with van der Waals surface area (Å²) in [6.07, 6.45) is 18.0. The molecule has 1 aromatic rings. The summed E-state index contributed by atoms with van der Waals surface area (Å²) in [5.74, 6) is 0. The number of unbranched alkanes of at least 4 members (excludes halogenated alkanes) is 11. The van der Waals surface area contributed by atoms with E-state index in [4.69, 9.17) is 4.74 Å². The van der Waals surface area contributed by atoms with Crippen LogP contribution in [0.4, 0.5) is 0 Å². The molecule has 0 saturated heterocycles. The van der Waals surface area contributed by atoms with Gasteiger partial charge in [0.2, 0.25) is 0 Å². The van der Waals surface area contributed by atoms with Crippen LogP contribution in [-0.4, -0.2) is 13.7 Å². The van der Waals surface area contributed by atoms with E-state index in [9.17, 15) is 0 Å². The summed E-state index contributed by atoms with van der Waals surface area (Å²) in [7, 11) is 1.79. The highest BCUT2D eigenvalue weighted by atomic mass is 16.5. The van der Waals surface area contributed by atoms with Crippen LogP contribution in [0.3, 0.4) is 0 Å². The van der Waals surface area contributed by atoms with Gasteiger partial charge in [-0.05, 0) is 24.8 Å². The average Bonchev–Trinajstić information content (AvgIpc) is 2.56. The second kappa shape index (κ2) is 15.1. The van der Waals surface area contributed by atoms with Crippen LogP contribution in [0.25, 0.3) is 0 Å². The van der Waals surface area contributed by atoms with Crippen molar-refractivity contribution in [3.05, 3.63) is 35.9 Å². The molecule has 0 amide bonds. The lowest BCUT2D eigenvalue weighted by atomic mass is 10.0. The highest BCUT2D eigenvalue weighted by Crippen LogP contribution is 2.13. The molecule has 22 heavy (non-hydrogen) atoms. The van der Waals surface area contributed by atoms with E-state index < -0.39 is 0 Å². The zero-order valence-electron chi connectivity index (χ0n) is 14.7. The first-order valence-corrected chi connectivity index (χ1v) is 9.46. The predicted molar refractivity (Wildman–Crippen MR) is 97.4 cm³/mol. The molecular formula is C21H36O. The summed E-state index contributed by atoms with van der Waals surface area (Å²) in [6.45, 7) is 0.935. The van der Waals surface area contributed by atoms with Crippen LogP contribution in [-0.2, 0) is 11.2 Å². The van der Waals surface area contributed by atoms with Gasteiger partial charge in [-0.3, -0.25) is 0 Å². The molecule has 0 aliphatic heterocycles. The monoisotopic (exact) mass is 304 g/mol. The van der Waals surface area contributed by atoms with Gasteiger partial charge in [0, 0.05) is 13.7 Å². The number of benzene rings is 1. The second-order valence-corrected chi connectivity index (χ2v) is 6.47. The Morgan fingerprint density at radius 3 is 1.55 bits per heavy atom. The van der Waals surface area contributed by atoms with Crippen LogP contribution < -0.4 is 0 Å². The molecule has 0 heterocycles. The lowest BCUT2D eigenvalue weighted by Crippen LogP contribution is -1.88. The first-order valence-electron chi connectivity index (χ1n) is 9.46. The number of methoxy groups -OCH3 is 1. The summed E-state index contributed by atoms with van der Waals surface area (Å²) in [4.78, 5) is 0. The van der Waals surface area contributed by atoms with E-state index in [1.54, 1.807) is 7.11 Å². The van der Waals surface area contributed by atoms with Crippen molar-refractivity contribution in [2.75, 3.05) is 13.7 Å². The lowest BCUT2D eigenvalue weighted by molar-refractivity contribution is 0.192. The minimum absolute atomic E-state index is 0.935. The molecule has 1 aromatic carbocycles. The second-order valence-electron chi connectivity index (χ2n) is 6.47. The molecule has 0 N–H and O–H groups in total. The smallest absolute Gasteiger partial charge is 0.0462 e. The molecule has 0 aliphatic rings. The zero-order valence-corrected chi connectivity index (χ0v) is 14.7. The standard InChI is InChI=1S/C21H36O/c1-22-20-16-11-9-7-5-3-2-4-6-8-10-13-17-21-18-14-12-15-19-21/h12,14-15,18-19H,2-11,13,16-17,20H2,1H3. The van der Waals surface area contributed by atoms with Gasteiger partial charge >= 0.3 is 0 Å². The Hall–Kier alpha value is -0.820. The summed E-state index contributed by atoms with van der Waals surface area (Å²) in [6, 6.07) is 10.9. The minimum atomic E-state index is 0.935. The minimum Gasteiger partial charge on any atom is -0.385 e. The van der Waals surface area contributed by atoms with Crippen molar-refractivity contribution >= 4 is 0 Å². The SMILES string of the molecule is COCCCCCCCCCCCCCCc1ccccc1. The molecule has 0 spiro atoms. The van der Waals surface area contributed by atoms with E-state index in [-0.39, 0.29) is 0 Å². The van der Waals surface area contributed by atoms with Crippen molar-refractivity contribution in [2.45, 2.75) is 83.5 Å². The highest BCUT2D eigenvalue weighted by molar-refractivity contribution is 5.14. The summed E-state index contributed by atoms with van der Waals surface area (Å²) in [5.41, 5.74) is 1.49. The predicted octanol–water partition coefficient (Wildman–Crippen LogP) is 6.56. The van der Waals surface area contributed by atoms with Crippen molar-refractivity contribution in [2.24, 2.45) is 0 Å². The average molecular weight is 305 g/mol. The summed E-state index contributed by atoms with van der Waals surface area (Å²) in [5, 5.41) is 0. The first kappa shape index (κ1) is 19.2. The third-order valence-electron chi connectivity index (χ3n) is 4.41. The van der Waals surface area contributed by atoms with Crippen molar-refractivity contribution in [1.82, 2.24) is 0 Å². The molecule has 126 valence electrons. The number of hydrogen-bond acceptors (Lipinski definition) is 1. The van der Waals surface area contributed by atoms with Crippen LogP contribution in [0.2, 0.25) is 0 Å². The Labute approximate surface area is 138 Å². The molecule has 0 radical (unpaired) electrons. The Bertz CT molecular complexity index is 320. The topological polar surface area (TPSA) is 9.23 Å². The van der Waals surface area contributed by atoms with Gasteiger partial charge in [-0.15, -0.1) is 0 Å². The highest BCUT2D eigenvalue weighted by Gasteiger charge is 1.95. The largest absolute Gasteiger partial charge is 0.385 e. The summed E-state index contributed by atoms with van der Waals surface area (Å²) >= 11 is 0. The number of hydrogen-bond donors (Lipinski definition) is 0. The van der Waals surface area contributed by atoms with Gasteiger partial charge in [0.15, 0.2) is 0 Å². The van der Waals surface area contributed by atoms with E-state index in [0.29, 0.717) is 0 Å². The van der Waals surface area contributed by atoms with Crippen molar-refractivity contribution < 1.29 is 4.74 Å². The molecule has 0 saturated carbocycles. The fourth-order valence-corrected chi connectivity index (χ4v) is 2.99. The maximum absolute atomic E-state index is 5.07. The van der Waals surface area contributed by atoms with Crippen molar-refractivity contribution in [1.29, 1.82) is 0 Å². The molecule has 0 unspecified atom stereocenters. The first-order chi connectivity index (χ1) is 10.9. The Kier molecular flexibility index (Phi) is 13.2. The van der Waals surface area contributed by atoms with Gasteiger partial charge in [0.1, 0.15) is 0 Å². The third-order valence-corrected chi connectivity index (χ3v) is 4.41. The van der Waals surface area contributed by atoms with Crippen LogP contribution in [0, 0.1) is 0 Å². The third kappa shape index (κ3) is 11.8. The Morgan fingerprint density at radius 1 is 0.591 bits per heavy atom. The van der Waals surface area contributed by atoms with Gasteiger partial charge in [-0.25, -0.2) is 0 Å². The molecule has 1 heteroatoms. The van der Waals surface area contributed by atoms with Gasteiger partial charge < -0.3 is 4.74 Å². The number of aryl methyl sites for hydroxylation is 1. The van der Waals surface area contributed by atoms with Crippen LogP contribution in [0.15, 0.2) is 30.3 Å². The van der Waals surface area contributed by atoms with E-state index in [1.807, 2.05) is 0 Å². The Morgan fingerprint density at radius 2 is 1.05 bits per heavy atom. The number of rotatable bonds is 15. The molecule has 0 aliphatic carbocycles. The van der Waals surface area contributed by atoms with Crippen molar-refractivity contribution in [3.8, 4) is 0 Å². The zero-order chi connectivity index (χ0) is 15.7. The van der Waals surface area contributed by atoms with Gasteiger partial charge in [-0.2, -0.15) is 0 Å². The molecule has 1 rings (SSSR count). The lowest BCUT2D eigenvalue weighted by Gasteiger charge is -2.03.